The van der Waals surface area contributed by atoms with Gasteiger partial charge in [0.1, 0.15) is 5.65 Å². The molecule has 2 heteroatoms. The van der Waals surface area contributed by atoms with E-state index in [1.807, 2.05) is 6.20 Å². The Morgan fingerprint density at radius 1 is 0.850 bits per heavy atom. The van der Waals surface area contributed by atoms with E-state index in [0.29, 0.717) is 0 Å². The third-order valence-electron chi connectivity index (χ3n) is 3.73. The van der Waals surface area contributed by atoms with E-state index in [4.69, 9.17) is 0 Å². The Morgan fingerprint density at radius 3 is 2.50 bits per heavy atom. The third kappa shape index (κ3) is 1.62. The zero-order chi connectivity index (χ0) is 13.5. The van der Waals surface area contributed by atoms with Gasteiger partial charge in [-0.05, 0) is 30.5 Å². The van der Waals surface area contributed by atoms with Crippen LogP contribution in [0.5, 0.6) is 0 Å². The molecule has 20 heavy (non-hydrogen) atoms. The third-order valence-corrected chi connectivity index (χ3v) is 3.73. The fourth-order valence-corrected chi connectivity index (χ4v) is 2.66. The lowest BCUT2D eigenvalue weighted by molar-refractivity contribution is 1.26. The summed E-state index contributed by atoms with van der Waals surface area (Å²) in [5, 5.41) is 1.23. The van der Waals surface area contributed by atoms with Gasteiger partial charge >= 0.3 is 0 Å². The van der Waals surface area contributed by atoms with Crippen molar-refractivity contribution in [2.24, 2.45) is 0 Å². The number of nitrogens with zero attached hydrogens (tertiary/aromatic N) is 2. The maximum atomic E-state index is 4.53. The van der Waals surface area contributed by atoms with Crippen LogP contribution in [0, 0.1) is 6.92 Å². The van der Waals surface area contributed by atoms with Gasteiger partial charge in [-0.3, -0.25) is 4.40 Å². The molecule has 0 aliphatic carbocycles. The topological polar surface area (TPSA) is 17.3 Å². The lowest BCUT2D eigenvalue weighted by Crippen LogP contribution is -1.91. The maximum absolute atomic E-state index is 4.53. The van der Waals surface area contributed by atoms with Crippen LogP contribution in [-0.2, 0) is 0 Å². The number of aryl methyl sites for hydroxylation is 1. The molecule has 0 N–H and O–H groups in total. The van der Waals surface area contributed by atoms with Crippen molar-refractivity contribution in [2.45, 2.75) is 6.92 Å². The summed E-state index contributed by atoms with van der Waals surface area (Å²) < 4.78 is 2.22. The highest BCUT2D eigenvalue weighted by Crippen LogP contribution is 2.25. The van der Waals surface area contributed by atoms with Crippen LogP contribution in [-0.4, -0.2) is 9.38 Å². The molecule has 2 aromatic carbocycles. The van der Waals surface area contributed by atoms with Gasteiger partial charge in [-0.1, -0.05) is 48.0 Å². The molecule has 0 saturated carbocycles. The molecule has 0 spiro atoms. The van der Waals surface area contributed by atoms with Crippen molar-refractivity contribution >= 4 is 16.6 Å². The molecule has 0 bridgehead atoms. The molecule has 0 saturated heterocycles. The Labute approximate surface area is 117 Å². The monoisotopic (exact) mass is 258 g/mol. The van der Waals surface area contributed by atoms with Gasteiger partial charge in [-0.15, -0.1) is 0 Å². The molecule has 2 heterocycles. The summed E-state index contributed by atoms with van der Waals surface area (Å²) in [6.45, 7) is 2.10. The lowest BCUT2D eigenvalue weighted by Gasteiger charge is -2.06. The highest BCUT2D eigenvalue weighted by molar-refractivity contribution is 5.84. The van der Waals surface area contributed by atoms with E-state index in [1.54, 1.807) is 0 Å². The molecule has 2 aromatic heterocycles. The molecule has 4 rings (SSSR count). The van der Waals surface area contributed by atoms with Crippen molar-refractivity contribution < 1.29 is 0 Å². The summed E-state index contributed by atoms with van der Waals surface area (Å²) in [4.78, 5) is 4.53. The predicted octanol–water partition coefficient (Wildman–Crippen LogP) is 4.46. The van der Waals surface area contributed by atoms with Crippen molar-refractivity contribution in [1.29, 1.82) is 0 Å². The molecule has 0 aliphatic rings. The summed E-state index contributed by atoms with van der Waals surface area (Å²) in [6, 6.07) is 21.2. The Hall–Kier alpha value is -2.61. The van der Waals surface area contributed by atoms with Crippen LogP contribution in [0.25, 0.3) is 27.8 Å². The quantitative estimate of drug-likeness (QED) is 0.492. The fourth-order valence-electron chi connectivity index (χ4n) is 2.66. The normalized spacial score (nSPS) is 11.2. The van der Waals surface area contributed by atoms with Crippen LogP contribution in [0.4, 0.5) is 0 Å². The Bertz CT molecular complexity index is 902. The average molecular weight is 258 g/mol. The maximum Gasteiger partial charge on any atom is 0.137 e. The Morgan fingerprint density at radius 2 is 1.65 bits per heavy atom. The van der Waals surface area contributed by atoms with Crippen LogP contribution in [0.3, 0.4) is 0 Å². The number of hydrogen-bond donors (Lipinski definition) is 0. The van der Waals surface area contributed by atoms with E-state index in [0.717, 1.165) is 11.3 Å². The summed E-state index contributed by atoms with van der Waals surface area (Å²) in [5.74, 6) is 0. The Kier molecular flexibility index (Phi) is 2.36. The zero-order valence-electron chi connectivity index (χ0n) is 11.2. The molecular formula is C18H14N2. The van der Waals surface area contributed by atoms with Crippen molar-refractivity contribution in [3.63, 3.8) is 0 Å². The van der Waals surface area contributed by atoms with Crippen LogP contribution in [0.15, 0.2) is 66.9 Å². The standard InChI is InChI=1S/C18H14N2/c1-13-6-8-15(9-7-13)17-12-19-18-11-10-14-4-2-3-5-16(14)20(17)18/h2-12H,1H3. The van der Waals surface area contributed by atoms with Gasteiger partial charge in [-0.25, -0.2) is 4.98 Å². The molecule has 0 amide bonds. The molecule has 96 valence electrons. The van der Waals surface area contributed by atoms with Gasteiger partial charge in [0, 0.05) is 5.56 Å². The first-order valence-electron chi connectivity index (χ1n) is 6.75. The average Bonchev–Trinajstić information content (AvgIpc) is 2.92. The fraction of sp³-hybridized carbons (Fsp3) is 0.0556. The molecule has 2 nitrogen and oxygen atoms in total. The summed E-state index contributed by atoms with van der Waals surface area (Å²) in [5.41, 5.74) is 5.78. The minimum Gasteiger partial charge on any atom is -0.292 e. The van der Waals surface area contributed by atoms with E-state index in [2.05, 4.69) is 77.0 Å². The van der Waals surface area contributed by atoms with Crippen molar-refractivity contribution in [3.8, 4) is 11.3 Å². The largest absolute Gasteiger partial charge is 0.292 e. The first-order chi connectivity index (χ1) is 9.83. The molecular weight excluding hydrogens is 244 g/mol. The van der Waals surface area contributed by atoms with Gasteiger partial charge in [0.25, 0.3) is 0 Å². The highest BCUT2D eigenvalue weighted by Gasteiger charge is 2.08. The second kappa shape index (κ2) is 4.20. The van der Waals surface area contributed by atoms with Crippen molar-refractivity contribution in [1.82, 2.24) is 9.38 Å². The number of benzene rings is 2. The molecule has 0 fully saturated rings. The molecule has 0 atom stereocenters. The van der Waals surface area contributed by atoms with E-state index < -0.39 is 0 Å². The van der Waals surface area contributed by atoms with Gasteiger partial charge in [0.15, 0.2) is 0 Å². The van der Waals surface area contributed by atoms with Crippen LogP contribution < -0.4 is 0 Å². The van der Waals surface area contributed by atoms with Gasteiger partial charge in [0.05, 0.1) is 17.4 Å². The number of aromatic nitrogens is 2. The van der Waals surface area contributed by atoms with Crippen molar-refractivity contribution in [2.75, 3.05) is 0 Å². The van der Waals surface area contributed by atoms with Crippen LogP contribution in [0.1, 0.15) is 5.56 Å². The number of rotatable bonds is 1. The summed E-state index contributed by atoms with van der Waals surface area (Å²) in [7, 11) is 0. The SMILES string of the molecule is Cc1ccc(-c2cnc3ccc4ccccc4n23)cc1. The second-order valence-electron chi connectivity index (χ2n) is 5.10. The van der Waals surface area contributed by atoms with E-state index in [1.165, 1.54) is 22.0 Å². The first-order valence-corrected chi connectivity index (χ1v) is 6.75. The number of pyridine rings is 1. The molecule has 0 radical (unpaired) electrons. The number of imidazole rings is 1. The second-order valence-corrected chi connectivity index (χ2v) is 5.10. The number of para-hydroxylation sites is 1. The molecule has 0 unspecified atom stereocenters. The summed E-state index contributed by atoms with van der Waals surface area (Å²) >= 11 is 0. The first kappa shape index (κ1) is 11.2. The smallest absolute Gasteiger partial charge is 0.137 e. The van der Waals surface area contributed by atoms with Gasteiger partial charge in [0.2, 0.25) is 0 Å². The van der Waals surface area contributed by atoms with E-state index in [-0.39, 0.29) is 0 Å². The Balaban J connectivity index is 2.09. The number of fused-ring (bicyclic) bond motifs is 3. The lowest BCUT2D eigenvalue weighted by atomic mass is 10.1. The molecule has 4 aromatic rings. The van der Waals surface area contributed by atoms with Gasteiger partial charge in [-0.2, -0.15) is 0 Å². The van der Waals surface area contributed by atoms with Crippen molar-refractivity contribution in [3.05, 3.63) is 72.4 Å². The van der Waals surface area contributed by atoms with E-state index >= 15 is 0 Å². The summed E-state index contributed by atoms with van der Waals surface area (Å²) in [6.07, 6.45) is 1.95. The minimum absolute atomic E-state index is 0.985. The highest BCUT2D eigenvalue weighted by atomic mass is 15.0. The predicted molar refractivity (Wildman–Crippen MR) is 82.9 cm³/mol. The van der Waals surface area contributed by atoms with Crippen LogP contribution in [0.2, 0.25) is 0 Å². The zero-order valence-corrected chi connectivity index (χ0v) is 11.2. The van der Waals surface area contributed by atoms with Gasteiger partial charge < -0.3 is 0 Å². The molecule has 0 aliphatic heterocycles. The number of hydrogen-bond acceptors (Lipinski definition) is 1. The minimum atomic E-state index is 0.985. The van der Waals surface area contributed by atoms with E-state index in [9.17, 15) is 0 Å². The van der Waals surface area contributed by atoms with Crippen LogP contribution >= 0.6 is 0 Å².